The van der Waals surface area contributed by atoms with Gasteiger partial charge in [-0.2, -0.15) is 12.6 Å². The molecule has 1 aromatic carbocycles. The molecule has 0 bridgehead atoms. The van der Waals surface area contributed by atoms with Crippen LogP contribution in [0.25, 0.3) is 5.69 Å². The van der Waals surface area contributed by atoms with Crippen LogP contribution in [0.4, 0.5) is 5.82 Å². The summed E-state index contributed by atoms with van der Waals surface area (Å²) in [7, 11) is 1.58. The van der Waals surface area contributed by atoms with Crippen molar-refractivity contribution in [2.75, 3.05) is 0 Å². The lowest BCUT2D eigenvalue weighted by Crippen LogP contribution is -2.10. The number of nitro groups is 1. The standard InChI is InChI=1S/C13H12N6O2S/c1-17-10(19(20)21)7-14-12(17)11(22)13-16-15-8-18(13)9-5-3-2-4-6-9/h2-8,11,22H,1H3. The van der Waals surface area contributed by atoms with Crippen LogP contribution < -0.4 is 0 Å². The van der Waals surface area contributed by atoms with Crippen LogP contribution in [0.2, 0.25) is 0 Å². The molecule has 1 atom stereocenters. The van der Waals surface area contributed by atoms with Gasteiger partial charge >= 0.3 is 5.82 Å². The Morgan fingerprint density at radius 1 is 1.27 bits per heavy atom. The number of benzene rings is 1. The average molecular weight is 316 g/mol. The highest BCUT2D eigenvalue weighted by molar-refractivity contribution is 7.80. The van der Waals surface area contributed by atoms with Gasteiger partial charge in [0.25, 0.3) is 0 Å². The molecule has 2 heterocycles. The molecule has 0 fully saturated rings. The van der Waals surface area contributed by atoms with Crippen LogP contribution in [0.5, 0.6) is 0 Å². The van der Waals surface area contributed by atoms with Crippen molar-refractivity contribution in [3.05, 3.63) is 64.6 Å². The Hall–Kier alpha value is -2.68. The lowest BCUT2D eigenvalue weighted by atomic mass is 10.3. The molecule has 2 aromatic heterocycles. The van der Waals surface area contributed by atoms with Crippen LogP contribution in [0.15, 0.2) is 42.9 Å². The molecule has 9 heteroatoms. The first kappa shape index (κ1) is 14.3. The van der Waals surface area contributed by atoms with Gasteiger partial charge in [0.2, 0.25) is 5.82 Å². The van der Waals surface area contributed by atoms with E-state index in [9.17, 15) is 10.1 Å². The minimum absolute atomic E-state index is 0.0974. The minimum Gasteiger partial charge on any atom is -0.358 e. The van der Waals surface area contributed by atoms with Crippen molar-refractivity contribution in [3.8, 4) is 5.69 Å². The zero-order valence-corrected chi connectivity index (χ0v) is 12.5. The quantitative estimate of drug-likeness (QED) is 0.451. The summed E-state index contributed by atoms with van der Waals surface area (Å²) < 4.78 is 3.17. The topological polar surface area (TPSA) is 91.7 Å². The summed E-state index contributed by atoms with van der Waals surface area (Å²) in [6, 6.07) is 9.53. The van der Waals surface area contributed by atoms with Gasteiger partial charge in [0, 0.05) is 5.69 Å². The molecule has 1 unspecified atom stereocenters. The van der Waals surface area contributed by atoms with E-state index in [2.05, 4.69) is 27.8 Å². The van der Waals surface area contributed by atoms with Crippen LogP contribution in [-0.2, 0) is 7.05 Å². The maximum atomic E-state index is 10.9. The first-order valence-corrected chi connectivity index (χ1v) is 6.90. The van der Waals surface area contributed by atoms with E-state index in [0.29, 0.717) is 11.6 Å². The average Bonchev–Trinajstić information content (AvgIpc) is 3.14. The molecule has 0 spiro atoms. The predicted molar refractivity (Wildman–Crippen MR) is 82.1 cm³/mol. The van der Waals surface area contributed by atoms with Gasteiger partial charge in [-0.3, -0.25) is 4.57 Å². The van der Waals surface area contributed by atoms with Gasteiger partial charge in [0.05, 0.1) is 7.05 Å². The van der Waals surface area contributed by atoms with Gasteiger partial charge in [-0.15, -0.1) is 10.2 Å². The molecule has 22 heavy (non-hydrogen) atoms. The van der Waals surface area contributed by atoms with Crippen molar-refractivity contribution in [2.45, 2.75) is 5.25 Å². The summed E-state index contributed by atoms with van der Waals surface area (Å²) in [5, 5.41) is 18.4. The molecule has 112 valence electrons. The fourth-order valence-corrected chi connectivity index (χ4v) is 2.59. The van der Waals surface area contributed by atoms with E-state index in [0.717, 1.165) is 5.69 Å². The van der Waals surface area contributed by atoms with Crippen LogP contribution in [0.3, 0.4) is 0 Å². The molecule has 8 nitrogen and oxygen atoms in total. The minimum atomic E-state index is -0.540. The van der Waals surface area contributed by atoms with Crippen LogP contribution >= 0.6 is 12.6 Å². The Kier molecular flexibility index (Phi) is 3.63. The maximum Gasteiger partial charge on any atom is 0.342 e. The number of nitrogens with zero attached hydrogens (tertiary/aromatic N) is 6. The normalized spacial score (nSPS) is 12.3. The van der Waals surface area contributed by atoms with Crippen molar-refractivity contribution < 1.29 is 4.92 Å². The SMILES string of the molecule is Cn1c([N+](=O)[O-])cnc1C(S)c1nncn1-c1ccccc1. The van der Waals surface area contributed by atoms with Crippen LogP contribution in [0.1, 0.15) is 16.9 Å². The second-order valence-corrected chi connectivity index (χ2v) is 5.10. The molecule has 0 aliphatic heterocycles. The number of rotatable bonds is 4. The molecule has 0 saturated carbocycles. The zero-order chi connectivity index (χ0) is 15.7. The van der Waals surface area contributed by atoms with Crippen molar-refractivity contribution in [1.82, 2.24) is 24.3 Å². The van der Waals surface area contributed by atoms with E-state index in [1.807, 2.05) is 30.3 Å². The fourth-order valence-electron chi connectivity index (χ4n) is 2.17. The molecule has 0 aliphatic carbocycles. The molecule has 0 amide bonds. The highest BCUT2D eigenvalue weighted by Gasteiger charge is 2.27. The largest absolute Gasteiger partial charge is 0.358 e. The smallest absolute Gasteiger partial charge is 0.342 e. The van der Waals surface area contributed by atoms with Gasteiger partial charge in [0.1, 0.15) is 17.8 Å². The first-order chi connectivity index (χ1) is 10.6. The van der Waals surface area contributed by atoms with E-state index in [4.69, 9.17) is 0 Å². The summed E-state index contributed by atoms with van der Waals surface area (Å²) in [4.78, 5) is 14.5. The second-order valence-electron chi connectivity index (χ2n) is 4.59. The molecular weight excluding hydrogens is 304 g/mol. The summed E-state index contributed by atoms with van der Waals surface area (Å²) in [5.41, 5.74) is 0.880. The number of imidazole rings is 1. The van der Waals surface area contributed by atoms with Gasteiger partial charge in [-0.1, -0.05) is 18.2 Å². The number of hydrogen-bond acceptors (Lipinski definition) is 6. The molecule has 3 rings (SSSR count). The molecule has 0 aliphatic rings. The third kappa shape index (κ3) is 2.35. The third-order valence-electron chi connectivity index (χ3n) is 3.28. The Labute approximate surface area is 131 Å². The lowest BCUT2D eigenvalue weighted by molar-refractivity contribution is -0.391. The van der Waals surface area contributed by atoms with E-state index >= 15 is 0 Å². The highest BCUT2D eigenvalue weighted by Crippen LogP contribution is 2.29. The predicted octanol–water partition coefficient (Wildman–Crippen LogP) is 1.93. The van der Waals surface area contributed by atoms with Gasteiger partial charge in [-0.25, -0.2) is 9.55 Å². The summed E-state index contributed by atoms with van der Waals surface area (Å²) in [6.45, 7) is 0. The van der Waals surface area contributed by atoms with Crippen LogP contribution in [-0.4, -0.2) is 29.2 Å². The summed E-state index contributed by atoms with van der Waals surface area (Å²) >= 11 is 4.52. The maximum absolute atomic E-state index is 10.9. The lowest BCUT2D eigenvalue weighted by Gasteiger charge is -2.10. The number of hydrogen-bond donors (Lipinski definition) is 1. The third-order valence-corrected chi connectivity index (χ3v) is 3.75. The number of para-hydroxylation sites is 1. The van der Waals surface area contributed by atoms with Crippen molar-refractivity contribution in [1.29, 1.82) is 0 Å². The second kappa shape index (κ2) is 5.60. The Balaban J connectivity index is 2.03. The van der Waals surface area contributed by atoms with Gasteiger partial charge in [-0.05, 0) is 17.1 Å². The fraction of sp³-hybridized carbons (Fsp3) is 0.154. The summed E-state index contributed by atoms with van der Waals surface area (Å²) in [6.07, 6.45) is 2.78. The molecule has 0 N–H and O–H groups in total. The number of aromatic nitrogens is 5. The van der Waals surface area contributed by atoms with Crippen molar-refractivity contribution in [3.63, 3.8) is 0 Å². The van der Waals surface area contributed by atoms with E-state index < -0.39 is 10.2 Å². The van der Waals surface area contributed by atoms with Gasteiger partial charge < -0.3 is 10.1 Å². The van der Waals surface area contributed by atoms with E-state index in [1.54, 1.807) is 17.9 Å². The molecule has 0 saturated heterocycles. The monoisotopic (exact) mass is 316 g/mol. The van der Waals surface area contributed by atoms with E-state index in [1.165, 1.54) is 10.8 Å². The number of thiol groups is 1. The van der Waals surface area contributed by atoms with Gasteiger partial charge in [0.15, 0.2) is 5.82 Å². The van der Waals surface area contributed by atoms with Crippen molar-refractivity contribution >= 4 is 18.4 Å². The molecular formula is C13H12N6O2S. The van der Waals surface area contributed by atoms with Crippen molar-refractivity contribution in [2.24, 2.45) is 7.05 Å². The highest BCUT2D eigenvalue weighted by atomic mass is 32.1. The van der Waals surface area contributed by atoms with E-state index in [-0.39, 0.29) is 5.82 Å². The first-order valence-electron chi connectivity index (χ1n) is 6.39. The molecule has 0 radical (unpaired) electrons. The Morgan fingerprint density at radius 3 is 2.64 bits per heavy atom. The zero-order valence-electron chi connectivity index (χ0n) is 11.6. The summed E-state index contributed by atoms with van der Waals surface area (Å²) in [5.74, 6) is 0.873. The molecule has 3 aromatic rings. The van der Waals surface area contributed by atoms with Crippen LogP contribution in [0, 0.1) is 10.1 Å². The Morgan fingerprint density at radius 2 is 2.00 bits per heavy atom. The Bertz CT molecular complexity index is 813.